The van der Waals surface area contributed by atoms with Crippen molar-refractivity contribution in [3.63, 3.8) is 0 Å². The van der Waals surface area contributed by atoms with Crippen LogP contribution in [0.25, 0.3) is 0 Å². The zero-order chi connectivity index (χ0) is 9.12. The Balaban J connectivity index is 0. The maximum atomic E-state index is 10.4. The standard InChI is InChI=1S/C2H8NO6PS.Na.H/c3-1-2-9-10(4,5)11(6,7)8;;/h1-3H2,(H,4,5)(H,6,7,8);;. The van der Waals surface area contributed by atoms with Crippen molar-refractivity contribution >= 4 is 46.1 Å². The summed E-state index contributed by atoms with van der Waals surface area (Å²) in [6, 6.07) is 0. The first-order valence-electron chi connectivity index (χ1n) is 2.46. The second-order valence-electron chi connectivity index (χ2n) is 1.54. The van der Waals surface area contributed by atoms with Gasteiger partial charge in [-0.05, 0) is 0 Å². The predicted molar refractivity (Wildman–Crippen MR) is 43.5 cm³/mol. The Hall–Kier alpha value is 1.02. The molecule has 0 aliphatic carbocycles. The van der Waals surface area contributed by atoms with Gasteiger partial charge in [-0.15, -0.1) is 0 Å². The summed E-state index contributed by atoms with van der Waals surface area (Å²) >= 11 is 0. The molecule has 0 rings (SSSR count). The van der Waals surface area contributed by atoms with Gasteiger partial charge < -0.3 is 10.6 Å². The molecule has 0 aromatic heterocycles. The van der Waals surface area contributed by atoms with Crippen LogP contribution in [-0.2, 0) is 18.8 Å². The molecule has 4 N–H and O–H groups in total. The molecule has 70 valence electrons. The van der Waals surface area contributed by atoms with Gasteiger partial charge in [0.2, 0.25) is 0 Å². The Morgan fingerprint density at radius 1 is 1.50 bits per heavy atom. The van der Waals surface area contributed by atoms with Gasteiger partial charge in [-0.2, -0.15) is 8.42 Å². The number of rotatable bonds is 4. The third kappa shape index (κ3) is 4.90. The predicted octanol–water partition coefficient (Wildman–Crippen LogP) is -1.70. The van der Waals surface area contributed by atoms with Crippen molar-refractivity contribution in [3.8, 4) is 0 Å². The summed E-state index contributed by atoms with van der Waals surface area (Å²) in [5.41, 5.74) is 4.85. The summed E-state index contributed by atoms with van der Waals surface area (Å²) in [5, 5.41) is 0. The quantitative estimate of drug-likeness (QED) is 0.298. The van der Waals surface area contributed by atoms with E-state index < -0.39 is 23.1 Å². The topological polar surface area (TPSA) is 127 Å². The van der Waals surface area contributed by atoms with Gasteiger partial charge in [0.15, 0.2) is 0 Å². The molecule has 0 aromatic rings. The summed E-state index contributed by atoms with van der Waals surface area (Å²) in [6.07, 6.45) is 0. The Labute approximate surface area is 91.6 Å². The van der Waals surface area contributed by atoms with E-state index in [0.29, 0.717) is 0 Å². The molecule has 0 saturated carbocycles. The average molecular weight is 229 g/mol. The Kier molecular flexibility index (Phi) is 7.34. The van der Waals surface area contributed by atoms with Gasteiger partial charge in [-0.25, -0.2) is 4.57 Å². The molecule has 0 radical (unpaired) electrons. The fourth-order valence-electron chi connectivity index (χ4n) is 0.235. The van der Waals surface area contributed by atoms with Gasteiger partial charge in [0.25, 0.3) is 0 Å². The Morgan fingerprint density at radius 3 is 2.17 bits per heavy atom. The minimum atomic E-state index is -5.04. The molecule has 0 aliphatic heterocycles. The number of hydrogen-bond donors (Lipinski definition) is 3. The van der Waals surface area contributed by atoms with E-state index in [1.54, 1.807) is 0 Å². The summed E-state index contributed by atoms with van der Waals surface area (Å²) in [5.74, 6) is 0. The van der Waals surface area contributed by atoms with Crippen LogP contribution in [0.15, 0.2) is 0 Å². The molecule has 0 bridgehead atoms. The molecule has 12 heavy (non-hydrogen) atoms. The second-order valence-corrected chi connectivity index (χ2v) is 6.40. The molecule has 10 heteroatoms. The van der Waals surface area contributed by atoms with Gasteiger partial charge in [-0.1, -0.05) is 0 Å². The number of nitrogens with two attached hydrogens (primary N) is 1. The van der Waals surface area contributed by atoms with Crippen LogP contribution in [0.2, 0.25) is 0 Å². The van der Waals surface area contributed by atoms with Crippen molar-refractivity contribution < 1.29 is 27.0 Å². The van der Waals surface area contributed by atoms with Crippen molar-refractivity contribution in [1.29, 1.82) is 0 Å². The Morgan fingerprint density at radius 2 is 1.92 bits per heavy atom. The molecule has 0 spiro atoms. The van der Waals surface area contributed by atoms with Gasteiger partial charge in [0.1, 0.15) is 0 Å². The summed E-state index contributed by atoms with van der Waals surface area (Å²) in [7, 11) is -5.04. The minimum absolute atomic E-state index is 0. The fourth-order valence-corrected chi connectivity index (χ4v) is 1.33. The molecule has 1 atom stereocenters. The van der Waals surface area contributed by atoms with Crippen LogP contribution in [0.1, 0.15) is 0 Å². The van der Waals surface area contributed by atoms with Crippen molar-refractivity contribution in [3.05, 3.63) is 0 Å². The number of hydrogen-bond acceptors (Lipinski definition) is 5. The van der Waals surface area contributed by atoms with Gasteiger partial charge in [0.05, 0.1) is 6.61 Å². The third-order valence-corrected chi connectivity index (χ3v) is 3.82. The van der Waals surface area contributed by atoms with Crippen LogP contribution < -0.4 is 5.73 Å². The van der Waals surface area contributed by atoms with Crippen LogP contribution in [0, 0.1) is 0 Å². The van der Waals surface area contributed by atoms with Crippen molar-refractivity contribution in [2.24, 2.45) is 5.73 Å². The van der Waals surface area contributed by atoms with E-state index in [9.17, 15) is 13.0 Å². The van der Waals surface area contributed by atoms with E-state index in [2.05, 4.69) is 4.52 Å². The fraction of sp³-hybridized carbons (Fsp3) is 1.00. The Bertz CT molecular complexity index is 263. The summed E-state index contributed by atoms with van der Waals surface area (Å²) in [6.45, 7) is -5.47. The normalized spacial score (nSPS) is 16.2. The van der Waals surface area contributed by atoms with E-state index in [0.717, 1.165) is 0 Å². The SMILES string of the molecule is NCCOP(=O)(O)S(=O)(=O)O.[NaH]. The summed E-state index contributed by atoms with van der Waals surface area (Å²) in [4.78, 5) is 8.42. The molecule has 0 heterocycles. The van der Waals surface area contributed by atoms with E-state index in [-0.39, 0.29) is 36.1 Å². The molecular formula is C2H9NNaO6PS. The molecule has 0 saturated heterocycles. The second kappa shape index (κ2) is 5.69. The third-order valence-electron chi connectivity index (χ3n) is 0.664. The molecule has 7 nitrogen and oxygen atoms in total. The van der Waals surface area contributed by atoms with Crippen molar-refractivity contribution in [2.75, 3.05) is 13.2 Å². The van der Waals surface area contributed by atoms with Crippen molar-refractivity contribution in [2.45, 2.75) is 0 Å². The summed E-state index contributed by atoms with van der Waals surface area (Å²) < 4.78 is 42.5. The first-order chi connectivity index (χ1) is 4.81. The van der Waals surface area contributed by atoms with Crippen LogP contribution in [0.4, 0.5) is 0 Å². The van der Waals surface area contributed by atoms with Crippen LogP contribution in [0.5, 0.6) is 0 Å². The first kappa shape index (κ1) is 15.5. The van der Waals surface area contributed by atoms with Crippen LogP contribution in [0.3, 0.4) is 0 Å². The van der Waals surface area contributed by atoms with E-state index in [1.807, 2.05) is 0 Å². The average Bonchev–Trinajstić information content (AvgIpc) is 1.81. The molecule has 1 unspecified atom stereocenters. The molecular weight excluding hydrogens is 220 g/mol. The van der Waals surface area contributed by atoms with Gasteiger partial charge in [0, 0.05) is 6.54 Å². The zero-order valence-electron chi connectivity index (χ0n) is 5.37. The molecule has 0 fully saturated rings. The first-order valence-corrected chi connectivity index (χ1v) is 6.08. The van der Waals surface area contributed by atoms with Gasteiger partial charge >= 0.3 is 46.1 Å². The molecule has 0 aromatic carbocycles. The zero-order valence-corrected chi connectivity index (χ0v) is 7.09. The van der Waals surface area contributed by atoms with E-state index in [4.69, 9.17) is 15.2 Å². The van der Waals surface area contributed by atoms with Crippen LogP contribution in [-0.4, -0.2) is 60.6 Å². The van der Waals surface area contributed by atoms with E-state index >= 15 is 0 Å². The molecule has 0 amide bonds. The van der Waals surface area contributed by atoms with E-state index in [1.165, 1.54) is 0 Å². The monoisotopic (exact) mass is 229 g/mol. The molecule has 0 aliphatic rings. The maximum absolute atomic E-state index is 10.4. The van der Waals surface area contributed by atoms with Crippen molar-refractivity contribution in [1.82, 2.24) is 0 Å². The van der Waals surface area contributed by atoms with Gasteiger partial charge in [-0.3, -0.25) is 9.08 Å². The van der Waals surface area contributed by atoms with Crippen LogP contribution >= 0.6 is 6.80 Å².